The molecular weight excluding hydrogens is 362 g/mol. The number of nitro groups is 1. The molecule has 0 bridgehead atoms. The molecule has 1 amide bonds. The third kappa shape index (κ3) is 5.52. The lowest BCUT2D eigenvalue weighted by Gasteiger charge is -2.10. The van der Waals surface area contributed by atoms with Crippen molar-refractivity contribution < 1.29 is 34.6 Å². The van der Waals surface area contributed by atoms with Crippen molar-refractivity contribution in [1.82, 2.24) is 9.88 Å². The largest absolute Gasteiger partial charge is 0.481 e. The zero-order valence-corrected chi connectivity index (χ0v) is 14.2. The minimum absolute atomic E-state index is 0.0390. The Hall–Kier alpha value is -2.94. The number of nitrogens with zero attached hydrogens (tertiary/aromatic N) is 2. The van der Waals surface area contributed by atoms with Crippen molar-refractivity contribution in [3.8, 4) is 11.8 Å². The van der Waals surface area contributed by atoms with Gasteiger partial charge < -0.3 is 35.5 Å². The quantitative estimate of drug-likeness (QED) is 0.275. The van der Waals surface area contributed by atoms with Gasteiger partial charge in [0.15, 0.2) is 0 Å². The zero-order valence-electron chi connectivity index (χ0n) is 14.2. The van der Waals surface area contributed by atoms with Gasteiger partial charge in [-0.25, -0.2) is 4.57 Å². The van der Waals surface area contributed by atoms with Crippen LogP contribution in [0.2, 0.25) is 0 Å². The summed E-state index contributed by atoms with van der Waals surface area (Å²) in [5.41, 5.74) is 0.312. The molecule has 1 fully saturated rings. The molecule has 1 aliphatic rings. The molecule has 0 aliphatic carbocycles. The van der Waals surface area contributed by atoms with E-state index in [1.54, 1.807) is 0 Å². The summed E-state index contributed by atoms with van der Waals surface area (Å²) in [4.78, 5) is 32.4. The van der Waals surface area contributed by atoms with Crippen molar-refractivity contribution >= 4 is 17.7 Å². The van der Waals surface area contributed by atoms with Crippen LogP contribution < -0.4 is 5.32 Å². The number of carbonyl (C=O) groups is 2. The molecule has 2 heterocycles. The summed E-state index contributed by atoms with van der Waals surface area (Å²) in [5, 5.41) is 41.1. The molecule has 0 spiro atoms. The van der Waals surface area contributed by atoms with Crippen LogP contribution in [-0.2, 0) is 14.3 Å². The van der Waals surface area contributed by atoms with Gasteiger partial charge in [-0.3, -0.25) is 9.59 Å². The van der Waals surface area contributed by atoms with Crippen LogP contribution in [0, 0.1) is 22.0 Å². The number of aliphatic hydroxyl groups excluding tert-OH is 2. The zero-order chi connectivity index (χ0) is 20.0. The van der Waals surface area contributed by atoms with Crippen LogP contribution in [0.3, 0.4) is 0 Å². The predicted octanol–water partition coefficient (Wildman–Crippen LogP) is -0.631. The van der Waals surface area contributed by atoms with E-state index in [9.17, 15) is 24.8 Å². The van der Waals surface area contributed by atoms with Crippen molar-refractivity contribution in [1.29, 1.82) is 0 Å². The van der Waals surface area contributed by atoms with Crippen LogP contribution in [0.1, 0.15) is 31.1 Å². The summed E-state index contributed by atoms with van der Waals surface area (Å²) in [6.45, 7) is -0.441. The van der Waals surface area contributed by atoms with Gasteiger partial charge in [0.25, 0.3) is 0 Å². The fraction of sp³-hybridized carbons (Fsp3) is 0.500. The highest BCUT2D eigenvalue weighted by Crippen LogP contribution is 2.32. The van der Waals surface area contributed by atoms with Gasteiger partial charge in [-0.1, -0.05) is 11.8 Å². The van der Waals surface area contributed by atoms with E-state index in [0.29, 0.717) is 5.56 Å². The Morgan fingerprint density at radius 2 is 2.19 bits per heavy atom. The second-order valence-electron chi connectivity index (χ2n) is 5.84. The number of aliphatic hydroxyl groups is 2. The first-order valence-electron chi connectivity index (χ1n) is 8.09. The number of carbonyl (C=O) groups excluding carboxylic acids is 1. The van der Waals surface area contributed by atoms with Crippen LogP contribution in [0.25, 0.3) is 0 Å². The number of ether oxygens (including phenoxy) is 1. The predicted molar refractivity (Wildman–Crippen MR) is 89.5 cm³/mol. The minimum atomic E-state index is -1.08. The summed E-state index contributed by atoms with van der Waals surface area (Å²) in [6.07, 6.45) is -1.50. The fourth-order valence-electron chi connectivity index (χ4n) is 2.56. The SMILES string of the molecule is O=C(O)CCC(=O)NCC#Cc1cc([N+](=O)[O-])n([C@H]2C[C@H](O)[C@@H](CO)O2)c1. The van der Waals surface area contributed by atoms with Gasteiger partial charge in [0.1, 0.15) is 12.3 Å². The van der Waals surface area contributed by atoms with Gasteiger partial charge in [0.05, 0.1) is 37.3 Å². The topological polar surface area (TPSA) is 164 Å². The molecular formula is C16H19N3O8. The maximum Gasteiger partial charge on any atom is 0.326 e. The molecule has 1 aromatic rings. The van der Waals surface area contributed by atoms with Crippen LogP contribution in [0.5, 0.6) is 0 Å². The molecule has 11 heteroatoms. The number of hydrogen-bond acceptors (Lipinski definition) is 7. The van der Waals surface area contributed by atoms with Gasteiger partial charge in [-0.15, -0.1) is 0 Å². The highest BCUT2D eigenvalue weighted by atomic mass is 16.6. The van der Waals surface area contributed by atoms with Crippen molar-refractivity contribution in [2.45, 2.75) is 37.7 Å². The van der Waals surface area contributed by atoms with E-state index >= 15 is 0 Å². The monoisotopic (exact) mass is 381 g/mol. The Kier molecular flexibility index (Phi) is 6.89. The maximum absolute atomic E-state index is 11.4. The van der Waals surface area contributed by atoms with Gasteiger partial charge >= 0.3 is 11.8 Å². The van der Waals surface area contributed by atoms with E-state index in [2.05, 4.69) is 17.2 Å². The van der Waals surface area contributed by atoms with Gasteiger partial charge in [0.2, 0.25) is 12.1 Å². The third-order valence-corrected chi connectivity index (χ3v) is 3.88. The number of amides is 1. The van der Waals surface area contributed by atoms with E-state index < -0.39 is 41.8 Å². The molecule has 1 aliphatic heterocycles. The summed E-state index contributed by atoms with van der Waals surface area (Å²) in [7, 11) is 0. The average Bonchev–Trinajstić information content (AvgIpc) is 3.20. The number of aliphatic carboxylic acids is 1. The lowest BCUT2D eigenvalue weighted by atomic mass is 10.2. The van der Waals surface area contributed by atoms with Crippen molar-refractivity contribution in [3.05, 3.63) is 27.9 Å². The number of rotatable bonds is 7. The van der Waals surface area contributed by atoms with E-state index in [1.807, 2.05) is 0 Å². The molecule has 3 atom stereocenters. The molecule has 1 aromatic heterocycles. The molecule has 2 rings (SSSR count). The maximum atomic E-state index is 11.4. The Morgan fingerprint density at radius 1 is 1.44 bits per heavy atom. The summed E-state index contributed by atoms with van der Waals surface area (Å²) in [6, 6.07) is 1.24. The molecule has 0 aromatic carbocycles. The van der Waals surface area contributed by atoms with Crippen LogP contribution in [-0.4, -0.2) is 62.0 Å². The van der Waals surface area contributed by atoms with E-state index in [0.717, 1.165) is 0 Å². The van der Waals surface area contributed by atoms with Gasteiger partial charge in [-0.05, 0) is 4.92 Å². The second kappa shape index (κ2) is 9.13. The molecule has 4 N–H and O–H groups in total. The molecule has 11 nitrogen and oxygen atoms in total. The van der Waals surface area contributed by atoms with Crippen molar-refractivity contribution in [2.24, 2.45) is 0 Å². The normalized spacial score (nSPS) is 21.3. The summed E-state index contributed by atoms with van der Waals surface area (Å²) in [5.74, 6) is 3.48. The van der Waals surface area contributed by atoms with E-state index in [4.69, 9.17) is 14.9 Å². The Balaban J connectivity index is 2.02. The highest BCUT2D eigenvalue weighted by molar-refractivity contribution is 5.80. The highest BCUT2D eigenvalue weighted by Gasteiger charge is 2.39. The molecule has 0 radical (unpaired) electrons. The number of hydrogen-bond donors (Lipinski definition) is 4. The van der Waals surface area contributed by atoms with Crippen LogP contribution >= 0.6 is 0 Å². The number of carboxylic acids is 1. The lowest BCUT2D eigenvalue weighted by Crippen LogP contribution is -2.24. The van der Waals surface area contributed by atoms with E-state index in [-0.39, 0.29) is 31.6 Å². The fourth-order valence-corrected chi connectivity index (χ4v) is 2.56. The van der Waals surface area contributed by atoms with Crippen LogP contribution in [0.4, 0.5) is 5.82 Å². The first-order valence-corrected chi connectivity index (χ1v) is 8.09. The third-order valence-electron chi connectivity index (χ3n) is 3.88. The average molecular weight is 381 g/mol. The second-order valence-corrected chi connectivity index (χ2v) is 5.84. The van der Waals surface area contributed by atoms with E-state index in [1.165, 1.54) is 16.8 Å². The molecule has 0 unspecified atom stereocenters. The van der Waals surface area contributed by atoms with Gasteiger partial charge in [-0.2, -0.15) is 0 Å². The molecule has 1 saturated heterocycles. The Bertz CT molecular complexity index is 778. The number of aromatic nitrogens is 1. The Labute approximate surface area is 153 Å². The van der Waals surface area contributed by atoms with Crippen LogP contribution in [0.15, 0.2) is 12.3 Å². The molecule has 0 saturated carbocycles. The molecule has 27 heavy (non-hydrogen) atoms. The number of carboxylic acid groups (broad SMARTS) is 1. The van der Waals surface area contributed by atoms with Crippen molar-refractivity contribution in [3.63, 3.8) is 0 Å². The summed E-state index contributed by atoms with van der Waals surface area (Å²) >= 11 is 0. The number of nitrogens with one attached hydrogen (secondary N) is 1. The smallest absolute Gasteiger partial charge is 0.326 e. The van der Waals surface area contributed by atoms with Gasteiger partial charge in [0, 0.05) is 12.8 Å². The standard InChI is InChI=1S/C16H19N3O8/c20-9-12-11(21)7-15(27-12)18-8-10(6-14(18)19(25)26)2-1-5-17-13(22)3-4-16(23)24/h6,8,11-12,15,20-21H,3-5,7,9H2,(H,17,22)(H,23,24)/t11-,12+,15+/m0/s1. The van der Waals surface area contributed by atoms with Crippen molar-refractivity contribution in [2.75, 3.05) is 13.2 Å². The minimum Gasteiger partial charge on any atom is -0.481 e. The summed E-state index contributed by atoms with van der Waals surface area (Å²) < 4.78 is 6.65. The first-order chi connectivity index (χ1) is 12.8. The Morgan fingerprint density at radius 3 is 2.78 bits per heavy atom. The first kappa shape index (κ1) is 20.4. The lowest BCUT2D eigenvalue weighted by molar-refractivity contribution is -0.393. The molecule has 146 valence electrons.